The second-order valence-electron chi connectivity index (χ2n) is 8.68. The molecule has 4 aromatic rings. The lowest BCUT2D eigenvalue weighted by Crippen LogP contribution is -2.47. The number of nitrogens with one attached hydrogen (secondary N) is 1. The number of hydrogen-bond donors (Lipinski definition) is 2. The highest BCUT2D eigenvalue weighted by Gasteiger charge is 2.21. The second kappa shape index (κ2) is 9.69. The third-order valence-electron chi connectivity index (χ3n) is 6.52. The maximum absolute atomic E-state index is 14.4. The summed E-state index contributed by atoms with van der Waals surface area (Å²) in [5.41, 5.74) is 2.58. The molecule has 2 aromatic carbocycles. The quantitative estimate of drug-likeness (QED) is 0.417. The molecule has 0 bridgehead atoms. The van der Waals surface area contributed by atoms with Crippen molar-refractivity contribution in [2.24, 2.45) is 0 Å². The van der Waals surface area contributed by atoms with Crippen LogP contribution in [0.2, 0.25) is 0 Å². The Balaban J connectivity index is 1.21. The van der Waals surface area contributed by atoms with Gasteiger partial charge in [-0.3, -0.25) is 4.79 Å². The van der Waals surface area contributed by atoms with Gasteiger partial charge in [0, 0.05) is 50.8 Å². The summed E-state index contributed by atoms with van der Waals surface area (Å²) in [7, 11) is 0. The van der Waals surface area contributed by atoms with Crippen molar-refractivity contribution in [3.05, 3.63) is 83.9 Å². The summed E-state index contributed by atoms with van der Waals surface area (Å²) in [6.07, 6.45) is 3.60. The normalized spacial score (nSPS) is 13.7. The Morgan fingerprint density at radius 2 is 1.72 bits per heavy atom. The number of amides is 1. The SMILES string of the molecule is CCn1ccc2ccc(NC(=O)c3ccc(N4CCN(c5ccc(C(=O)O)cc5F)CC4)nc3)cc21. The van der Waals surface area contributed by atoms with E-state index in [1.807, 2.05) is 35.4 Å². The fourth-order valence-corrected chi connectivity index (χ4v) is 4.52. The number of nitrogens with zero attached hydrogens (tertiary/aromatic N) is 4. The van der Waals surface area contributed by atoms with Crippen LogP contribution in [0.4, 0.5) is 21.6 Å². The molecule has 0 radical (unpaired) electrons. The van der Waals surface area contributed by atoms with Crippen LogP contribution in [-0.4, -0.2) is 52.7 Å². The second-order valence-corrected chi connectivity index (χ2v) is 8.68. The first kappa shape index (κ1) is 23.3. The highest BCUT2D eigenvalue weighted by molar-refractivity contribution is 6.05. The Morgan fingerprint density at radius 1 is 0.972 bits per heavy atom. The summed E-state index contributed by atoms with van der Waals surface area (Å²) in [5, 5.41) is 13.1. The summed E-state index contributed by atoms with van der Waals surface area (Å²) < 4.78 is 16.5. The zero-order valence-electron chi connectivity index (χ0n) is 19.8. The van der Waals surface area contributed by atoms with E-state index < -0.39 is 11.8 Å². The first-order chi connectivity index (χ1) is 17.4. The van der Waals surface area contributed by atoms with Gasteiger partial charge in [0.05, 0.1) is 22.3 Å². The number of aromatic carboxylic acids is 1. The van der Waals surface area contributed by atoms with Crippen molar-refractivity contribution < 1.29 is 19.1 Å². The van der Waals surface area contributed by atoms with Gasteiger partial charge in [0.2, 0.25) is 0 Å². The molecule has 0 aliphatic carbocycles. The Bertz CT molecular complexity index is 1430. The van der Waals surface area contributed by atoms with Crippen molar-refractivity contribution in [1.29, 1.82) is 0 Å². The van der Waals surface area contributed by atoms with Crippen LogP contribution >= 0.6 is 0 Å². The average Bonchev–Trinajstić information content (AvgIpc) is 3.31. The number of pyridine rings is 1. The molecule has 1 fully saturated rings. The molecule has 1 aliphatic rings. The van der Waals surface area contributed by atoms with Gasteiger partial charge < -0.3 is 24.8 Å². The van der Waals surface area contributed by atoms with Crippen molar-refractivity contribution in [2.75, 3.05) is 41.3 Å². The van der Waals surface area contributed by atoms with Crippen LogP contribution in [0.25, 0.3) is 10.9 Å². The Hall–Kier alpha value is -4.40. The van der Waals surface area contributed by atoms with Crippen LogP contribution in [0, 0.1) is 5.82 Å². The molecule has 1 amide bonds. The number of aromatic nitrogens is 2. The minimum Gasteiger partial charge on any atom is -0.478 e. The number of halogens is 1. The molecule has 8 nitrogen and oxygen atoms in total. The number of piperazine rings is 1. The number of anilines is 3. The van der Waals surface area contributed by atoms with Gasteiger partial charge in [-0.15, -0.1) is 0 Å². The van der Waals surface area contributed by atoms with Crippen LogP contribution in [-0.2, 0) is 6.54 Å². The predicted molar refractivity (Wildman–Crippen MR) is 138 cm³/mol. The van der Waals surface area contributed by atoms with Gasteiger partial charge in [0.25, 0.3) is 5.91 Å². The standard InChI is InChI=1S/C27H26FN5O3/c1-2-31-10-9-18-3-6-21(16-24(18)31)30-26(34)20-5-8-25(29-17-20)33-13-11-32(12-14-33)23-7-4-19(27(35)36)15-22(23)28/h3-10,15-17H,2,11-14H2,1H3,(H,30,34)(H,35,36). The Morgan fingerprint density at radius 3 is 2.39 bits per heavy atom. The number of fused-ring (bicyclic) bond motifs is 1. The maximum atomic E-state index is 14.4. The zero-order chi connectivity index (χ0) is 25.2. The minimum absolute atomic E-state index is 0.0701. The van der Waals surface area contributed by atoms with Crippen molar-refractivity contribution in [2.45, 2.75) is 13.5 Å². The lowest BCUT2D eigenvalue weighted by atomic mass is 10.1. The van der Waals surface area contributed by atoms with E-state index >= 15 is 0 Å². The third kappa shape index (κ3) is 4.59. The zero-order valence-corrected chi connectivity index (χ0v) is 19.8. The summed E-state index contributed by atoms with van der Waals surface area (Å²) in [5.74, 6) is -1.18. The molecular formula is C27H26FN5O3. The summed E-state index contributed by atoms with van der Waals surface area (Å²) in [6.45, 7) is 5.30. The lowest BCUT2D eigenvalue weighted by Gasteiger charge is -2.36. The number of hydrogen-bond acceptors (Lipinski definition) is 5. The number of carbonyl (C=O) groups excluding carboxylic acids is 1. The van der Waals surface area contributed by atoms with Crippen molar-refractivity contribution in [3.63, 3.8) is 0 Å². The predicted octanol–water partition coefficient (Wildman–Crippen LogP) is 4.47. The number of carbonyl (C=O) groups is 2. The molecule has 36 heavy (non-hydrogen) atoms. The Labute approximate surface area is 207 Å². The molecule has 3 heterocycles. The molecule has 0 unspecified atom stereocenters. The van der Waals surface area contributed by atoms with Gasteiger partial charge in [-0.05, 0) is 60.8 Å². The van der Waals surface area contributed by atoms with Crippen molar-refractivity contribution in [3.8, 4) is 0 Å². The van der Waals surface area contributed by atoms with Gasteiger partial charge in [0.15, 0.2) is 0 Å². The number of carboxylic acid groups (broad SMARTS) is 1. The smallest absolute Gasteiger partial charge is 0.335 e. The topological polar surface area (TPSA) is 90.7 Å². The van der Waals surface area contributed by atoms with Crippen LogP contribution in [0.3, 0.4) is 0 Å². The lowest BCUT2D eigenvalue weighted by molar-refractivity contribution is 0.0696. The summed E-state index contributed by atoms with van der Waals surface area (Å²) in [4.78, 5) is 32.3. The van der Waals surface area contributed by atoms with Gasteiger partial charge in [-0.1, -0.05) is 6.07 Å². The van der Waals surface area contributed by atoms with E-state index in [0.29, 0.717) is 37.4 Å². The molecule has 1 saturated heterocycles. The number of carboxylic acids is 1. The molecule has 0 atom stereocenters. The third-order valence-corrected chi connectivity index (χ3v) is 6.52. The molecule has 0 saturated carbocycles. The number of rotatable bonds is 6. The van der Waals surface area contributed by atoms with Crippen molar-refractivity contribution >= 4 is 40.0 Å². The van der Waals surface area contributed by atoms with Gasteiger partial charge in [-0.25, -0.2) is 14.2 Å². The van der Waals surface area contributed by atoms with Crippen LogP contribution in [0.5, 0.6) is 0 Å². The molecule has 9 heteroatoms. The monoisotopic (exact) mass is 487 g/mol. The van der Waals surface area contributed by atoms with E-state index in [-0.39, 0.29) is 11.5 Å². The average molecular weight is 488 g/mol. The minimum atomic E-state index is -1.15. The van der Waals surface area contributed by atoms with E-state index in [4.69, 9.17) is 5.11 Å². The first-order valence-corrected chi connectivity index (χ1v) is 11.8. The summed E-state index contributed by atoms with van der Waals surface area (Å²) in [6, 6.07) is 15.4. The molecule has 2 N–H and O–H groups in total. The number of aryl methyl sites for hydroxylation is 1. The number of benzene rings is 2. The van der Waals surface area contributed by atoms with Gasteiger partial charge in [0.1, 0.15) is 11.6 Å². The van der Waals surface area contributed by atoms with E-state index in [2.05, 4.69) is 32.8 Å². The van der Waals surface area contributed by atoms with E-state index in [0.717, 1.165) is 35.0 Å². The van der Waals surface area contributed by atoms with E-state index in [1.165, 1.54) is 12.1 Å². The molecule has 5 rings (SSSR count). The molecule has 0 spiro atoms. The summed E-state index contributed by atoms with van der Waals surface area (Å²) >= 11 is 0. The molecule has 184 valence electrons. The van der Waals surface area contributed by atoms with E-state index in [1.54, 1.807) is 12.3 Å². The molecule has 2 aromatic heterocycles. The van der Waals surface area contributed by atoms with Crippen LogP contribution < -0.4 is 15.1 Å². The molecule has 1 aliphatic heterocycles. The fraction of sp³-hybridized carbons (Fsp3) is 0.222. The van der Waals surface area contributed by atoms with Gasteiger partial charge in [-0.2, -0.15) is 0 Å². The maximum Gasteiger partial charge on any atom is 0.335 e. The van der Waals surface area contributed by atoms with E-state index in [9.17, 15) is 14.0 Å². The van der Waals surface area contributed by atoms with Crippen LogP contribution in [0.15, 0.2) is 67.0 Å². The fourth-order valence-electron chi connectivity index (χ4n) is 4.52. The van der Waals surface area contributed by atoms with Gasteiger partial charge >= 0.3 is 5.97 Å². The Kier molecular flexibility index (Phi) is 6.28. The molecular weight excluding hydrogens is 461 g/mol. The van der Waals surface area contributed by atoms with Crippen molar-refractivity contribution in [1.82, 2.24) is 9.55 Å². The van der Waals surface area contributed by atoms with Crippen LogP contribution in [0.1, 0.15) is 27.6 Å². The first-order valence-electron chi connectivity index (χ1n) is 11.8. The largest absolute Gasteiger partial charge is 0.478 e. The highest BCUT2D eigenvalue weighted by atomic mass is 19.1. The highest BCUT2D eigenvalue weighted by Crippen LogP contribution is 2.24.